The van der Waals surface area contributed by atoms with Crippen molar-refractivity contribution < 1.29 is 9.32 Å². The van der Waals surface area contributed by atoms with Crippen LogP contribution in [0.2, 0.25) is 0 Å². The zero-order chi connectivity index (χ0) is 21.8. The third-order valence-electron chi connectivity index (χ3n) is 5.40. The summed E-state index contributed by atoms with van der Waals surface area (Å²) in [5.74, 6) is 0.694. The first-order chi connectivity index (χ1) is 15.0. The first-order valence-electron chi connectivity index (χ1n) is 10.4. The highest BCUT2D eigenvalue weighted by Crippen LogP contribution is 2.60. The summed E-state index contributed by atoms with van der Waals surface area (Å²) in [4.78, 5) is 14.5. The van der Waals surface area contributed by atoms with Crippen molar-refractivity contribution >= 4 is 23.6 Å². The summed E-state index contributed by atoms with van der Waals surface area (Å²) in [5.41, 5.74) is 3.91. The van der Waals surface area contributed by atoms with Crippen LogP contribution in [0.4, 0.5) is 0 Å². The molecule has 0 saturated carbocycles. The van der Waals surface area contributed by atoms with Crippen LogP contribution in [0.1, 0.15) is 27.0 Å². The predicted molar refractivity (Wildman–Crippen MR) is 131 cm³/mol. The van der Waals surface area contributed by atoms with E-state index in [1.54, 1.807) is 0 Å². The second-order valence-corrected chi connectivity index (χ2v) is 10.6. The highest BCUT2D eigenvalue weighted by atomic mass is 31.2. The maximum absolute atomic E-state index is 14.5. The van der Waals surface area contributed by atoms with Gasteiger partial charge >= 0.3 is 0 Å². The lowest BCUT2D eigenvalue weighted by molar-refractivity contribution is 0.107. The van der Waals surface area contributed by atoms with Gasteiger partial charge in [-0.05, 0) is 44.0 Å². The van der Waals surface area contributed by atoms with Crippen LogP contribution in [0.5, 0.6) is 5.75 Å². The molecule has 0 atom stereocenters. The van der Waals surface area contributed by atoms with Gasteiger partial charge in [0.05, 0.1) is 0 Å². The molecule has 0 amide bonds. The van der Waals surface area contributed by atoms with Crippen molar-refractivity contribution in [1.82, 2.24) is 0 Å². The van der Waals surface area contributed by atoms with Gasteiger partial charge in [-0.15, -0.1) is 0 Å². The average molecular weight is 425 g/mol. The number of hydrogen-bond acceptors (Lipinski definition) is 2. The maximum Gasteiger partial charge on any atom is 0.226 e. The molecule has 0 fully saturated rings. The smallest absolute Gasteiger partial charge is 0.226 e. The number of aryl methyl sites for hydroxylation is 3. The molecule has 0 unspecified atom stereocenters. The van der Waals surface area contributed by atoms with Gasteiger partial charge in [-0.25, -0.2) is 0 Å². The Morgan fingerprint density at radius 2 is 1.06 bits per heavy atom. The Bertz CT molecular complexity index is 1120. The Morgan fingerprint density at radius 3 is 1.52 bits per heavy atom. The van der Waals surface area contributed by atoms with Gasteiger partial charge in [0.2, 0.25) is 5.52 Å². The molecule has 2 nitrogen and oxygen atoms in total. The number of benzene rings is 4. The normalized spacial score (nSPS) is 11.2. The van der Waals surface area contributed by atoms with Gasteiger partial charge in [-0.1, -0.05) is 96.6 Å². The number of hydrogen-bond donors (Lipinski definition) is 0. The van der Waals surface area contributed by atoms with Crippen molar-refractivity contribution in [3.63, 3.8) is 0 Å². The van der Waals surface area contributed by atoms with Gasteiger partial charge in [0.15, 0.2) is 7.49 Å². The Morgan fingerprint density at radius 1 is 0.645 bits per heavy atom. The molecule has 0 aromatic heterocycles. The van der Waals surface area contributed by atoms with E-state index in [2.05, 4.69) is 19.1 Å². The number of rotatable bonds is 6. The van der Waals surface area contributed by atoms with Crippen molar-refractivity contribution in [2.24, 2.45) is 0 Å². The second-order valence-electron chi connectivity index (χ2n) is 7.76. The summed E-state index contributed by atoms with van der Waals surface area (Å²) in [5, 5.41) is 1.82. The fraction of sp³-hybridized carbons (Fsp3) is 0.107. The molecule has 3 heteroatoms. The molecule has 0 aliphatic heterocycles. The number of para-hydroxylation sites is 1. The molecule has 0 spiro atoms. The van der Waals surface area contributed by atoms with Crippen LogP contribution in [0.3, 0.4) is 0 Å². The lowest BCUT2D eigenvalue weighted by Gasteiger charge is -2.36. The van der Waals surface area contributed by atoms with E-state index in [0.29, 0.717) is 5.75 Å². The Hall–Kier alpha value is -3.22. The first-order valence-corrected chi connectivity index (χ1v) is 12.1. The van der Waals surface area contributed by atoms with Gasteiger partial charge in [-0.2, -0.15) is 0 Å². The Balaban J connectivity index is 2.03. The monoisotopic (exact) mass is 425 g/mol. The number of carbonyl (C=O) groups is 1. The van der Waals surface area contributed by atoms with Gasteiger partial charge in [0.1, 0.15) is 5.75 Å². The van der Waals surface area contributed by atoms with Crippen molar-refractivity contribution in [2.75, 3.05) is 0 Å². The van der Waals surface area contributed by atoms with Gasteiger partial charge < -0.3 is 4.52 Å². The van der Waals surface area contributed by atoms with Crippen molar-refractivity contribution in [2.45, 2.75) is 20.8 Å². The molecule has 0 aliphatic carbocycles. The summed E-state index contributed by atoms with van der Waals surface area (Å²) < 4.78 is 6.79. The van der Waals surface area contributed by atoms with Crippen LogP contribution in [0, 0.1) is 20.8 Å². The molecule has 0 heterocycles. The molecule has 4 aromatic carbocycles. The molecule has 4 aromatic rings. The van der Waals surface area contributed by atoms with E-state index in [-0.39, 0.29) is 5.52 Å². The predicted octanol–water partition coefficient (Wildman–Crippen LogP) is 6.41. The molecular formula is C28H26O2P. The quantitative estimate of drug-likeness (QED) is 0.334. The average Bonchev–Trinajstić information content (AvgIpc) is 2.78. The van der Waals surface area contributed by atoms with Crippen LogP contribution in [-0.4, -0.2) is 5.52 Å². The molecule has 31 heavy (non-hydrogen) atoms. The van der Waals surface area contributed by atoms with E-state index >= 15 is 0 Å². The van der Waals surface area contributed by atoms with E-state index in [1.807, 2.05) is 105 Å². The minimum Gasteiger partial charge on any atom is -0.464 e. The lowest BCUT2D eigenvalue weighted by atomic mass is 10.0. The van der Waals surface area contributed by atoms with Gasteiger partial charge in [0, 0.05) is 16.2 Å². The number of carbonyl (C=O) groups excluding carboxylic acids is 1. The lowest BCUT2D eigenvalue weighted by Crippen LogP contribution is -2.33. The standard InChI is InChI=1S/C28H26O2P/c1-21-19-22(2)27(23(3)20-21)28(29)31(25-15-9-5-10-16-25,26-17-11-6-12-18-26)30-24-13-7-4-8-14-24/h4-20H,1-3H3. The summed E-state index contributed by atoms with van der Waals surface area (Å²) in [6, 6.07) is 33.7. The van der Waals surface area contributed by atoms with Crippen LogP contribution in [0.15, 0.2) is 103 Å². The van der Waals surface area contributed by atoms with Crippen LogP contribution in [-0.2, 0) is 0 Å². The molecule has 4 rings (SSSR count). The Kier molecular flexibility index (Phi) is 6.02. The van der Waals surface area contributed by atoms with Crippen LogP contribution in [0.25, 0.3) is 0 Å². The molecule has 0 bridgehead atoms. The third-order valence-corrected chi connectivity index (χ3v) is 8.73. The third kappa shape index (κ3) is 4.04. The van der Waals surface area contributed by atoms with E-state index < -0.39 is 7.49 Å². The minimum absolute atomic E-state index is 0.0451. The molecular weight excluding hydrogens is 399 g/mol. The molecule has 155 valence electrons. The largest absolute Gasteiger partial charge is 0.464 e. The van der Waals surface area contributed by atoms with Crippen LogP contribution >= 0.6 is 7.49 Å². The molecule has 0 aliphatic rings. The van der Waals surface area contributed by atoms with E-state index in [4.69, 9.17) is 4.52 Å². The maximum atomic E-state index is 14.5. The summed E-state index contributed by atoms with van der Waals surface area (Å²) in [6.07, 6.45) is 0. The van der Waals surface area contributed by atoms with Crippen LogP contribution < -0.4 is 15.1 Å². The van der Waals surface area contributed by atoms with Crippen molar-refractivity contribution in [1.29, 1.82) is 0 Å². The SMILES string of the molecule is Cc1cc(C)c(C(=O)[P](Oc2ccccc2)(c2ccccc2)c2ccccc2)c(C)c1. The topological polar surface area (TPSA) is 26.3 Å². The fourth-order valence-corrected chi connectivity index (χ4v) is 7.47. The molecule has 1 radical (unpaired) electrons. The highest BCUT2D eigenvalue weighted by Gasteiger charge is 2.44. The Labute approximate surface area is 185 Å². The zero-order valence-corrected chi connectivity index (χ0v) is 19.0. The fourth-order valence-electron chi connectivity index (χ4n) is 4.12. The van der Waals surface area contributed by atoms with Gasteiger partial charge in [0.25, 0.3) is 0 Å². The van der Waals surface area contributed by atoms with Crippen molar-refractivity contribution in [3.05, 3.63) is 125 Å². The summed E-state index contributed by atoms with van der Waals surface area (Å²) >= 11 is 0. The van der Waals surface area contributed by atoms with E-state index in [0.717, 1.165) is 32.9 Å². The van der Waals surface area contributed by atoms with E-state index in [1.165, 1.54) is 0 Å². The zero-order valence-electron chi connectivity index (χ0n) is 18.1. The summed E-state index contributed by atoms with van der Waals surface area (Å²) in [7, 11) is -2.94. The molecule has 0 N–H and O–H groups in total. The highest BCUT2D eigenvalue weighted by molar-refractivity contribution is 7.99. The van der Waals surface area contributed by atoms with Gasteiger partial charge in [-0.3, -0.25) is 4.79 Å². The second kappa shape index (κ2) is 8.88. The molecule has 0 saturated heterocycles. The summed E-state index contributed by atoms with van der Waals surface area (Å²) in [6.45, 7) is 6.09. The van der Waals surface area contributed by atoms with E-state index in [9.17, 15) is 4.79 Å². The van der Waals surface area contributed by atoms with Crippen molar-refractivity contribution in [3.8, 4) is 5.75 Å². The minimum atomic E-state index is -2.94. The first kappa shape index (κ1) is 21.0.